The first-order valence-corrected chi connectivity index (χ1v) is 18.5. The molecule has 4 aromatic heterocycles. The van der Waals surface area contributed by atoms with E-state index in [-0.39, 0.29) is 16.2 Å². The van der Waals surface area contributed by atoms with E-state index < -0.39 is 0 Å². The number of hydrogen-bond donors (Lipinski definition) is 0. The van der Waals surface area contributed by atoms with Crippen LogP contribution in [0.2, 0.25) is 0 Å². The van der Waals surface area contributed by atoms with Crippen molar-refractivity contribution in [1.82, 2.24) is 18.8 Å². The highest BCUT2D eigenvalue weighted by atomic mass is 15.3. The van der Waals surface area contributed by atoms with Crippen LogP contribution in [0, 0.1) is 38.5 Å². The molecule has 3 aromatic carbocycles. The van der Waals surface area contributed by atoms with Gasteiger partial charge >= 0.3 is 0 Å². The number of pyridine rings is 2. The molecule has 0 saturated heterocycles. The molecule has 0 amide bonds. The Hall–Kier alpha value is -4.64. The van der Waals surface area contributed by atoms with Gasteiger partial charge < -0.3 is 0 Å². The van der Waals surface area contributed by atoms with Gasteiger partial charge in [0.15, 0.2) is 11.6 Å². The lowest BCUT2D eigenvalue weighted by atomic mass is 9.87. The number of aromatic nitrogens is 4. The average Bonchev–Trinajstić information content (AvgIpc) is 3.60. The molecule has 0 saturated carbocycles. The predicted octanol–water partition coefficient (Wildman–Crippen LogP) is 12.5. The molecule has 4 heterocycles. The number of anilines is 3. The summed E-state index contributed by atoms with van der Waals surface area (Å²) < 4.78 is 4.89. The quantitative estimate of drug-likeness (QED) is 0.182. The summed E-state index contributed by atoms with van der Waals surface area (Å²) in [6.07, 6.45) is 1.70. The Kier molecular flexibility index (Phi) is 8.16. The van der Waals surface area contributed by atoms with Gasteiger partial charge in [0, 0.05) is 27.8 Å². The minimum atomic E-state index is 0.00944. The molecule has 0 unspecified atom stereocenters. The van der Waals surface area contributed by atoms with Crippen LogP contribution in [0.1, 0.15) is 102 Å². The van der Waals surface area contributed by atoms with Crippen LogP contribution in [-0.4, -0.2) is 18.8 Å². The second-order valence-electron chi connectivity index (χ2n) is 18.2. The number of hydrogen-bond acceptors (Lipinski definition) is 3. The summed E-state index contributed by atoms with van der Waals surface area (Å²) in [5.74, 6) is 1.90. The van der Waals surface area contributed by atoms with Gasteiger partial charge in [-0.25, -0.2) is 9.97 Å². The van der Waals surface area contributed by atoms with Crippen molar-refractivity contribution >= 4 is 50.2 Å². The molecule has 0 aliphatic carbocycles. The van der Waals surface area contributed by atoms with Crippen LogP contribution in [0.5, 0.6) is 0 Å². The van der Waals surface area contributed by atoms with E-state index in [1.807, 2.05) is 0 Å². The predicted molar refractivity (Wildman–Crippen MR) is 218 cm³/mol. The Morgan fingerprint density at radius 2 is 0.882 bits per heavy atom. The second kappa shape index (κ2) is 12.0. The molecule has 264 valence electrons. The van der Waals surface area contributed by atoms with Gasteiger partial charge in [0.25, 0.3) is 0 Å². The second-order valence-corrected chi connectivity index (χ2v) is 18.2. The lowest BCUT2D eigenvalue weighted by molar-refractivity contribution is 0.404. The fourth-order valence-corrected chi connectivity index (χ4v) is 7.84. The van der Waals surface area contributed by atoms with Crippen molar-refractivity contribution in [3.05, 3.63) is 112 Å². The van der Waals surface area contributed by atoms with E-state index in [0.717, 1.165) is 41.5 Å². The molecule has 0 aliphatic rings. The maximum Gasteiger partial charge on any atom is 0.161 e. The Balaban J connectivity index is 1.67. The first kappa shape index (κ1) is 34.8. The molecule has 7 rings (SSSR count). The van der Waals surface area contributed by atoms with Crippen molar-refractivity contribution in [1.29, 1.82) is 0 Å². The van der Waals surface area contributed by atoms with Crippen LogP contribution in [0.15, 0.2) is 72.8 Å². The largest absolute Gasteiger partial charge is 0.298 e. The summed E-state index contributed by atoms with van der Waals surface area (Å²) >= 11 is 0. The molecule has 5 nitrogen and oxygen atoms in total. The van der Waals surface area contributed by atoms with Crippen LogP contribution in [0.25, 0.3) is 32.8 Å². The topological polar surface area (TPSA) is 37.8 Å². The van der Waals surface area contributed by atoms with E-state index >= 15 is 0 Å². The van der Waals surface area contributed by atoms with E-state index in [1.165, 1.54) is 61.0 Å². The summed E-state index contributed by atoms with van der Waals surface area (Å²) in [6.45, 7) is 29.8. The van der Waals surface area contributed by atoms with Gasteiger partial charge in [-0.3, -0.25) is 13.7 Å². The van der Waals surface area contributed by atoms with Crippen molar-refractivity contribution in [3.63, 3.8) is 0 Å². The molecule has 51 heavy (non-hydrogen) atoms. The van der Waals surface area contributed by atoms with Crippen LogP contribution < -0.4 is 4.90 Å². The molecule has 0 radical (unpaired) electrons. The molecule has 5 heteroatoms. The third kappa shape index (κ3) is 5.99. The summed E-state index contributed by atoms with van der Waals surface area (Å²) in [6, 6.07) is 26.6. The summed E-state index contributed by atoms with van der Waals surface area (Å²) in [5.41, 5.74) is 11.9. The Morgan fingerprint density at radius 1 is 0.510 bits per heavy atom. The normalized spacial score (nSPS) is 13.0. The van der Waals surface area contributed by atoms with Crippen molar-refractivity contribution in [2.24, 2.45) is 10.8 Å². The fourth-order valence-electron chi connectivity index (χ4n) is 7.84. The van der Waals surface area contributed by atoms with Crippen molar-refractivity contribution in [2.45, 2.75) is 108 Å². The minimum absolute atomic E-state index is 0.00944. The van der Waals surface area contributed by atoms with Crippen LogP contribution in [0.4, 0.5) is 17.3 Å². The summed E-state index contributed by atoms with van der Waals surface area (Å²) in [4.78, 5) is 13.8. The number of rotatable bonds is 5. The Morgan fingerprint density at radius 3 is 1.24 bits per heavy atom. The van der Waals surface area contributed by atoms with Gasteiger partial charge in [-0.15, -0.1) is 0 Å². The van der Waals surface area contributed by atoms with E-state index in [9.17, 15) is 0 Å². The van der Waals surface area contributed by atoms with Gasteiger partial charge in [0.1, 0.15) is 11.3 Å². The minimum Gasteiger partial charge on any atom is -0.298 e. The van der Waals surface area contributed by atoms with Gasteiger partial charge in [-0.05, 0) is 96.4 Å². The maximum atomic E-state index is 5.70. The van der Waals surface area contributed by atoms with Crippen molar-refractivity contribution < 1.29 is 0 Å². The molecule has 0 aliphatic heterocycles. The third-order valence-electron chi connectivity index (χ3n) is 10.6. The highest BCUT2D eigenvalue weighted by molar-refractivity contribution is 6.00. The van der Waals surface area contributed by atoms with Crippen LogP contribution in [0.3, 0.4) is 0 Å². The molecule has 0 fully saturated rings. The van der Waals surface area contributed by atoms with E-state index in [4.69, 9.17) is 9.97 Å². The van der Waals surface area contributed by atoms with E-state index in [1.54, 1.807) is 0 Å². The van der Waals surface area contributed by atoms with Crippen LogP contribution in [-0.2, 0) is 18.3 Å². The Labute approximate surface area is 304 Å². The highest BCUT2D eigenvalue weighted by Gasteiger charge is 2.33. The molecule has 0 bridgehead atoms. The first-order valence-electron chi connectivity index (χ1n) is 18.5. The molecular weight excluding hydrogens is 623 g/mol. The number of aryl methyl sites for hydroxylation is 4. The fraction of sp³-hybridized carbons (Fsp3) is 0.391. The molecule has 0 N–H and O–H groups in total. The number of nitrogens with zero attached hydrogens (tertiary/aromatic N) is 5. The van der Waals surface area contributed by atoms with Gasteiger partial charge in [0.2, 0.25) is 0 Å². The number of fused-ring (bicyclic) bond motifs is 6. The molecule has 7 aromatic rings. The molecular formula is C46H55N5. The third-order valence-corrected chi connectivity index (χ3v) is 10.6. The highest BCUT2D eigenvalue weighted by Crippen LogP contribution is 2.45. The SMILES string of the molecule is Cc1c(C)n2c(CC(C)(C)C)c(N(c3ccc(C(C)(C)C)cc3)c3nc4c5ccccc5c(C)c(C)n4c3CC(C)(C)C)nc2c2ccccc12. The zero-order chi connectivity index (χ0) is 36.8. The monoisotopic (exact) mass is 677 g/mol. The zero-order valence-electron chi connectivity index (χ0n) is 33.1. The van der Waals surface area contributed by atoms with Crippen molar-refractivity contribution in [2.75, 3.05) is 4.90 Å². The maximum absolute atomic E-state index is 5.70. The van der Waals surface area contributed by atoms with Crippen LogP contribution >= 0.6 is 0 Å². The Bertz CT molecular complexity index is 2310. The van der Waals surface area contributed by atoms with Gasteiger partial charge in [0.05, 0.1) is 11.4 Å². The van der Waals surface area contributed by atoms with Crippen molar-refractivity contribution in [3.8, 4) is 0 Å². The summed E-state index contributed by atoms with van der Waals surface area (Å²) in [5, 5.41) is 4.85. The standard InChI is InChI=1S/C46H55N5/c1-28-30(3)49-38(26-44(5,6)7)42(47-40(49)36-20-16-14-18-34(28)36)51(33-24-22-32(23-25-33)46(11,12)13)43-39(27-45(8,9)10)50-31(4)29(2)35-19-15-17-21-37(35)41(50)48-43/h14-25H,26-27H2,1-13H3. The summed E-state index contributed by atoms with van der Waals surface area (Å²) in [7, 11) is 0. The molecule has 0 atom stereocenters. The van der Waals surface area contributed by atoms with Gasteiger partial charge in [-0.2, -0.15) is 0 Å². The number of imidazole rings is 2. The lowest BCUT2D eigenvalue weighted by Gasteiger charge is -2.28. The molecule has 0 spiro atoms. The zero-order valence-corrected chi connectivity index (χ0v) is 33.1. The average molecular weight is 678 g/mol. The van der Waals surface area contributed by atoms with E-state index in [2.05, 4.69) is 177 Å². The van der Waals surface area contributed by atoms with E-state index in [0.29, 0.717) is 0 Å². The number of benzene rings is 3. The van der Waals surface area contributed by atoms with Gasteiger partial charge in [-0.1, -0.05) is 123 Å². The lowest BCUT2D eigenvalue weighted by Crippen LogP contribution is -2.21. The smallest absolute Gasteiger partial charge is 0.161 e. The first-order chi connectivity index (χ1) is 23.9.